The van der Waals surface area contributed by atoms with E-state index >= 15 is 4.79 Å². The third kappa shape index (κ3) is 27.7. The number of primary amides is 1. The molecule has 9 heterocycles. The van der Waals surface area contributed by atoms with Crippen LogP contribution in [0.3, 0.4) is 0 Å². The largest absolute Gasteiger partial charge is 0.477 e. The fourth-order valence-corrected chi connectivity index (χ4v) is 18.6. The van der Waals surface area contributed by atoms with Gasteiger partial charge < -0.3 is 227 Å². The van der Waals surface area contributed by atoms with Crippen molar-refractivity contribution in [2.24, 2.45) is 11.7 Å². The van der Waals surface area contributed by atoms with Gasteiger partial charge in [0.1, 0.15) is 176 Å². The molecule has 40 atom stereocenters. The number of nitrogens with one attached hydrogen (secondary N) is 9. The number of nitrogens with zero attached hydrogens (tertiary/aromatic N) is 3. The van der Waals surface area contributed by atoms with Crippen LogP contribution in [0.1, 0.15) is 114 Å². The predicted octanol–water partition coefficient (Wildman–Crippen LogP) is -18.5. The van der Waals surface area contributed by atoms with Crippen LogP contribution in [-0.2, 0) is 129 Å². The summed E-state index contributed by atoms with van der Waals surface area (Å²) < 4.78 is 72.4. The van der Waals surface area contributed by atoms with Crippen LogP contribution in [0.2, 0.25) is 0 Å². The third-order valence-corrected chi connectivity index (χ3v) is 26.1. The molecule has 0 aromatic rings. The molecule has 31 N–H and O–H groups in total. The fourth-order valence-electron chi connectivity index (χ4n) is 18.6. The van der Waals surface area contributed by atoms with Crippen molar-refractivity contribution in [3.05, 3.63) is 0 Å². The summed E-state index contributed by atoms with van der Waals surface area (Å²) in [6, 6.07) is -18.8. The van der Waals surface area contributed by atoms with Gasteiger partial charge in [-0.3, -0.25) is 62.3 Å². The van der Waals surface area contributed by atoms with Crippen LogP contribution >= 0.6 is 0 Å². The topological polar surface area (TPSA) is 915 Å². The summed E-state index contributed by atoms with van der Waals surface area (Å²) in [5.74, 6) is -24.3. The summed E-state index contributed by atoms with van der Waals surface area (Å²) >= 11 is 0. The predicted molar refractivity (Wildman–Crippen MR) is 466 cm³/mol. The summed E-state index contributed by atoms with van der Waals surface area (Å²) in [5, 5.41) is 246. The van der Waals surface area contributed by atoms with Crippen molar-refractivity contribution >= 4 is 88.7 Å². The molecule has 9 aliphatic rings. The van der Waals surface area contributed by atoms with Crippen molar-refractivity contribution in [3.63, 3.8) is 0 Å². The number of carboxylic acid groups (broad SMARTS) is 2. The van der Waals surface area contributed by atoms with E-state index in [2.05, 4.69) is 47.9 Å². The molecule has 9 aliphatic heterocycles. The molecule has 0 radical (unpaired) electrons. The minimum atomic E-state index is -3.45. The Hall–Kier alpha value is -9.15. The molecule has 0 spiro atoms. The van der Waals surface area contributed by atoms with E-state index in [9.17, 15) is 169 Å². The molecule has 0 saturated carbocycles. The molecule has 818 valence electrons. The van der Waals surface area contributed by atoms with Gasteiger partial charge in [0.25, 0.3) is 11.6 Å². The van der Waals surface area contributed by atoms with Gasteiger partial charge in [-0.25, -0.2) is 9.59 Å². The van der Waals surface area contributed by atoms with Gasteiger partial charge in [0.15, 0.2) is 25.2 Å². The first-order valence-corrected chi connectivity index (χ1v) is 46.7. The highest BCUT2D eigenvalue weighted by atomic mass is 16.8. The zero-order valence-electron chi connectivity index (χ0n) is 79.8. The number of amides is 13. The van der Waals surface area contributed by atoms with E-state index in [-0.39, 0.29) is 51.2 Å². The molecule has 18 unspecified atom stereocenters. The monoisotopic (exact) mass is 2080 g/mol. The third-order valence-electron chi connectivity index (χ3n) is 26.1. The molecule has 9 fully saturated rings. The Morgan fingerprint density at radius 2 is 0.875 bits per heavy atom. The molecule has 9 saturated heterocycles. The van der Waals surface area contributed by atoms with E-state index in [1.54, 1.807) is 13.8 Å². The van der Waals surface area contributed by atoms with Gasteiger partial charge in [0, 0.05) is 66.1 Å². The SMILES string of the molecule is CC(=O)NC1[C@H](OCC2O[C@@H](OC(C)C(NC(=O)C(CO)NC(=O)CNC(=O)C3CCCN3C(=O)C(C)C)C(=O)NC(C)C(=O)N3CCCC3C(=O)N3CCCC3C(=O)NC(C)C(N)=O)C(NC(C)=O)[C@@H](O[C@@H]3OC(CO)[C@H](O)[C@H](O[C@]4(C(=O)O)C[C@H](O)[C@@H](NC(C)=O)C([C@H](O)[C@H](O)CO)O4)C3O)[C@H]2O)OC(CO)[C@H](O[C@@H]2OC(CO)[C@H](O)[C@H](O[C@]3(C(=O)O)C[C@H](O)[C@@H](NC(C)=O)C([C@H](O)[C@H](O)CO)O3)C2O)[C@@H]1O. The van der Waals surface area contributed by atoms with Gasteiger partial charge in [0.2, 0.25) is 76.8 Å². The number of ether oxygens (including phenoxy) is 12. The minimum Gasteiger partial charge on any atom is -0.477 e. The number of hydrogen-bond acceptors (Lipinski definition) is 45. The van der Waals surface area contributed by atoms with Gasteiger partial charge in [-0.15, -0.1) is 0 Å². The van der Waals surface area contributed by atoms with Gasteiger partial charge in [-0.05, 0) is 59.3 Å². The maximum Gasteiger partial charge on any atom is 0.364 e. The Morgan fingerprint density at radius 1 is 0.444 bits per heavy atom. The molecular formula is C84H135N13O47. The summed E-state index contributed by atoms with van der Waals surface area (Å²) in [4.78, 5) is 208. The normalized spacial score (nSPS) is 35.9. The molecule has 0 aromatic heterocycles. The average molecular weight is 2080 g/mol. The van der Waals surface area contributed by atoms with Gasteiger partial charge >= 0.3 is 11.9 Å². The molecule has 13 amide bonds. The second kappa shape index (κ2) is 51.7. The molecule has 9 rings (SSSR count). The summed E-state index contributed by atoms with van der Waals surface area (Å²) in [6.07, 6.45) is -64.3. The van der Waals surface area contributed by atoms with Crippen LogP contribution in [0.25, 0.3) is 0 Å². The summed E-state index contributed by atoms with van der Waals surface area (Å²) in [7, 11) is 0. The van der Waals surface area contributed by atoms with Crippen molar-refractivity contribution in [3.8, 4) is 0 Å². The van der Waals surface area contributed by atoms with E-state index in [0.29, 0.717) is 12.8 Å². The number of aliphatic hydroxyl groups excluding tert-OH is 18. The first-order valence-electron chi connectivity index (χ1n) is 46.7. The lowest BCUT2D eigenvalue weighted by atomic mass is 9.88. The Balaban J connectivity index is 1.09. The van der Waals surface area contributed by atoms with Crippen molar-refractivity contribution in [2.75, 3.05) is 72.4 Å². The Labute approximate surface area is 820 Å². The molecule has 0 aromatic carbocycles. The maximum absolute atomic E-state index is 15.5. The fraction of sp³-hybridized carbons (Fsp3) is 0.821. The van der Waals surface area contributed by atoms with Gasteiger partial charge in [0.05, 0.1) is 83.2 Å². The molecule has 0 aliphatic carbocycles. The summed E-state index contributed by atoms with van der Waals surface area (Å²) in [5.41, 5.74) is 5.40. The van der Waals surface area contributed by atoms with E-state index in [0.717, 1.165) is 46.4 Å². The van der Waals surface area contributed by atoms with Gasteiger partial charge in [-0.2, -0.15) is 0 Å². The highest BCUT2D eigenvalue weighted by Gasteiger charge is 2.64. The van der Waals surface area contributed by atoms with E-state index in [1.807, 2.05) is 0 Å². The number of carbonyl (C=O) groups is 15. The Morgan fingerprint density at radius 3 is 1.33 bits per heavy atom. The van der Waals surface area contributed by atoms with Gasteiger partial charge in [-0.1, -0.05) is 13.8 Å². The minimum absolute atomic E-state index is 0.0125. The van der Waals surface area contributed by atoms with E-state index in [4.69, 9.17) is 62.6 Å². The second-order valence-corrected chi connectivity index (χ2v) is 37.0. The molecular weight excluding hydrogens is 1940 g/mol. The lowest BCUT2D eigenvalue weighted by Gasteiger charge is -2.51. The zero-order chi connectivity index (χ0) is 107. The van der Waals surface area contributed by atoms with Crippen LogP contribution in [0, 0.1) is 5.92 Å². The molecule has 144 heavy (non-hydrogen) atoms. The lowest BCUT2D eigenvalue weighted by molar-refractivity contribution is -0.385. The quantitative estimate of drug-likeness (QED) is 0.0269. The van der Waals surface area contributed by atoms with Crippen molar-refractivity contribution in [1.82, 2.24) is 62.6 Å². The highest BCUT2D eigenvalue weighted by molar-refractivity contribution is 5.98. The van der Waals surface area contributed by atoms with E-state index < -0.39 is 398 Å². The maximum atomic E-state index is 15.5. The van der Waals surface area contributed by atoms with Crippen molar-refractivity contribution in [2.45, 2.75) is 357 Å². The van der Waals surface area contributed by atoms with Crippen LogP contribution in [0.5, 0.6) is 0 Å². The number of carbonyl (C=O) groups excluding carboxylic acids is 13. The number of aliphatic hydroxyl groups is 18. The number of carboxylic acids is 2. The van der Waals surface area contributed by atoms with Crippen LogP contribution < -0.4 is 53.6 Å². The molecule has 60 nitrogen and oxygen atoms in total. The highest BCUT2D eigenvalue weighted by Crippen LogP contribution is 2.43. The Kier molecular flexibility index (Phi) is 42.5. The Bertz CT molecular complexity index is 4450. The smallest absolute Gasteiger partial charge is 0.364 e. The standard InChI is InChI=1S/C84H135N13O47/c1-29(2)74(126)95-16-10-13-38(95)71(123)86-21-49(112)93-37(22-98)70(122)94-50(73(125)88-31(4)75(127)97-18-12-15-40(97)76(128)96-17-11-14-39(96)72(124)87-30(3)69(85)121)32(5)134-78-54(92-36(9)107)64(140-80-62(120)68(58(116)46(26-102)136-80)144-84(82(131)132)20-42(109)52(90-34(7)105)66(142-84)56(114)44(111)24-100)59(117)48(138-78)28-133-77-53(91-35(8)106)60(118)63(47(27-103)137-77)139-79-61(119)67(57(115)45(25-101)135-79)143-83(81(129)130)19-41(108)51(89-33(6)104)65(141-83)55(113)43(110)23-99/h29-32,37-48,50-68,77-80,98-103,108-111,113-120H,10-28H2,1-9H3,(H2,85,121)(H,86,123)(H,87,124)(H,88,125)(H,89,104)(H,90,105)(H,91,106)(H,92,107)(H,93,112)(H,94,122)(H,129,130)(H,131,132)/t30?,31?,32?,37?,38?,39?,40?,41-,42-,43+,44+,45?,46?,47?,48?,50?,51+,52+,53?,54?,55+,56+,57-,58-,59-,60+,61?,62?,63-,64+,65?,66?,67-,68-,77+,78+,79-,80-,83-,84-/m0/s1. The lowest BCUT2D eigenvalue weighted by Crippen LogP contribution is -2.71. The van der Waals surface area contributed by atoms with Crippen molar-refractivity contribution < 1.29 is 231 Å². The first-order chi connectivity index (χ1) is 67.7. The molecule has 60 heteroatoms. The second-order valence-electron chi connectivity index (χ2n) is 37.0. The number of nitrogens with two attached hydrogens (primary N) is 1. The number of hydrogen-bond donors (Lipinski definition) is 30. The van der Waals surface area contributed by atoms with Crippen molar-refractivity contribution in [1.29, 1.82) is 0 Å². The van der Waals surface area contributed by atoms with Crippen LogP contribution in [-0.4, -0.2) is 522 Å². The number of likely N-dealkylation sites (tertiary alicyclic amines) is 3. The van der Waals surface area contributed by atoms with E-state index in [1.165, 1.54) is 16.7 Å². The van der Waals surface area contributed by atoms with Crippen LogP contribution in [0.15, 0.2) is 0 Å². The zero-order valence-corrected chi connectivity index (χ0v) is 79.8. The summed E-state index contributed by atoms with van der Waals surface area (Å²) in [6.45, 7) is 0.428. The number of rotatable bonds is 44. The van der Waals surface area contributed by atoms with Crippen LogP contribution in [0.4, 0.5) is 0 Å². The number of aliphatic carboxylic acids is 2. The molecule has 0 bridgehead atoms. The first kappa shape index (κ1) is 118. The average Bonchev–Trinajstić information content (AvgIpc) is 1.24.